The van der Waals surface area contributed by atoms with Gasteiger partial charge in [0.15, 0.2) is 0 Å². The second-order valence-corrected chi connectivity index (χ2v) is 11.1. The zero-order chi connectivity index (χ0) is 25.5. The fourth-order valence-corrected chi connectivity index (χ4v) is 6.16. The Morgan fingerprint density at radius 2 is 1.83 bits per heavy atom. The molecule has 0 saturated heterocycles. The summed E-state index contributed by atoms with van der Waals surface area (Å²) in [5, 5.41) is 22.1. The molecule has 186 valence electrons. The monoisotopic (exact) mass is 521 g/mol. The number of nitro groups is 1. The highest BCUT2D eigenvalue weighted by Crippen LogP contribution is 2.46. The summed E-state index contributed by atoms with van der Waals surface area (Å²) in [6, 6.07) is 7.73. The molecule has 2 aromatic rings. The van der Waals surface area contributed by atoms with Gasteiger partial charge in [-0.1, -0.05) is 36.6 Å². The SMILES string of the molecule is CS(=O)(=O)N[C@H]1CCCC[C@@H]1N1C(=O)c2ccc([N+](=O)[O-])cc2[C@@H](C(=O)O)[C@@H]1c1ccc(Cl)cc1. The molecule has 0 aromatic heterocycles. The minimum Gasteiger partial charge on any atom is -0.481 e. The van der Waals surface area contributed by atoms with Gasteiger partial charge in [0.05, 0.1) is 17.2 Å². The molecule has 2 aromatic carbocycles. The molecule has 0 unspecified atom stereocenters. The number of carboxylic acids is 1. The minimum absolute atomic E-state index is 0.0522. The highest BCUT2D eigenvalue weighted by atomic mass is 35.5. The summed E-state index contributed by atoms with van der Waals surface area (Å²) in [5.41, 5.74) is 0.268. The van der Waals surface area contributed by atoms with Crippen molar-refractivity contribution in [3.8, 4) is 0 Å². The fourth-order valence-electron chi connectivity index (χ4n) is 5.21. The minimum atomic E-state index is -3.60. The number of benzene rings is 2. The van der Waals surface area contributed by atoms with E-state index in [0.717, 1.165) is 25.2 Å². The van der Waals surface area contributed by atoms with Crippen LogP contribution in [0.1, 0.15) is 59.1 Å². The summed E-state index contributed by atoms with van der Waals surface area (Å²) in [6.45, 7) is 0. The van der Waals surface area contributed by atoms with Crippen LogP contribution >= 0.6 is 11.6 Å². The molecule has 0 bridgehead atoms. The zero-order valence-corrected chi connectivity index (χ0v) is 20.3. The van der Waals surface area contributed by atoms with Gasteiger partial charge in [0.2, 0.25) is 10.0 Å². The number of sulfonamides is 1. The van der Waals surface area contributed by atoms with E-state index < -0.39 is 50.9 Å². The number of carbonyl (C=O) groups is 2. The molecule has 0 spiro atoms. The summed E-state index contributed by atoms with van der Waals surface area (Å²) in [5.74, 6) is -3.07. The first-order valence-corrected chi connectivity index (χ1v) is 13.3. The van der Waals surface area contributed by atoms with E-state index in [1.165, 1.54) is 17.0 Å². The first-order valence-electron chi connectivity index (χ1n) is 11.0. The third kappa shape index (κ3) is 5.02. The third-order valence-electron chi connectivity index (χ3n) is 6.59. The number of rotatable bonds is 6. The van der Waals surface area contributed by atoms with E-state index in [-0.39, 0.29) is 16.8 Å². The van der Waals surface area contributed by atoms with Crippen LogP contribution in [-0.2, 0) is 14.8 Å². The molecule has 1 heterocycles. The van der Waals surface area contributed by atoms with Crippen molar-refractivity contribution in [3.05, 3.63) is 74.3 Å². The van der Waals surface area contributed by atoms with E-state index in [4.69, 9.17) is 11.6 Å². The first-order chi connectivity index (χ1) is 16.5. The smallest absolute Gasteiger partial charge is 0.313 e. The summed E-state index contributed by atoms with van der Waals surface area (Å²) in [7, 11) is -3.60. The lowest BCUT2D eigenvalue weighted by Crippen LogP contribution is -2.58. The second-order valence-electron chi connectivity index (χ2n) is 8.90. The molecule has 4 atom stereocenters. The molecule has 1 fully saturated rings. The average Bonchev–Trinajstić information content (AvgIpc) is 2.78. The molecule has 4 rings (SSSR count). The Kier molecular flexibility index (Phi) is 6.85. The standard InChI is InChI=1S/C23H24ClN3O7S/c1-35(33,34)25-18-4-2-3-5-19(18)26-21(13-6-8-14(24)9-7-13)20(23(29)30)17-12-15(27(31)32)10-11-16(17)22(26)28/h6-12,18-21,25H,2-5H2,1H3,(H,29,30)/t18-,19-,20+,21-/m0/s1. The van der Waals surface area contributed by atoms with Gasteiger partial charge in [-0.2, -0.15) is 0 Å². The quantitative estimate of drug-likeness (QED) is 0.437. The van der Waals surface area contributed by atoms with Gasteiger partial charge < -0.3 is 10.0 Å². The van der Waals surface area contributed by atoms with Crippen molar-refractivity contribution >= 4 is 39.2 Å². The Morgan fingerprint density at radius 1 is 1.17 bits per heavy atom. The lowest BCUT2D eigenvalue weighted by molar-refractivity contribution is -0.384. The number of hydrogen-bond acceptors (Lipinski definition) is 6. The largest absolute Gasteiger partial charge is 0.481 e. The number of nitrogens with one attached hydrogen (secondary N) is 1. The lowest BCUT2D eigenvalue weighted by Gasteiger charge is -2.48. The van der Waals surface area contributed by atoms with Crippen LogP contribution in [0.4, 0.5) is 5.69 Å². The van der Waals surface area contributed by atoms with Crippen LogP contribution in [0.5, 0.6) is 0 Å². The third-order valence-corrected chi connectivity index (χ3v) is 7.57. The Morgan fingerprint density at radius 3 is 2.43 bits per heavy atom. The number of non-ortho nitro benzene ring substituents is 1. The van der Waals surface area contributed by atoms with E-state index in [2.05, 4.69) is 4.72 Å². The second kappa shape index (κ2) is 9.56. The number of carboxylic acid groups (broad SMARTS) is 1. The lowest BCUT2D eigenvalue weighted by atomic mass is 9.77. The van der Waals surface area contributed by atoms with Crippen LogP contribution in [0.15, 0.2) is 42.5 Å². The van der Waals surface area contributed by atoms with Crippen molar-refractivity contribution in [1.82, 2.24) is 9.62 Å². The molecule has 0 radical (unpaired) electrons. The maximum atomic E-state index is 13.9. The van der Waals surface area contributed by atoms with Crippen molar-refractivity contribution in [1.29, 1.82) is 0 Å². The van der Waals surface area contributed by atoms with Crippen molar-refractivity contribution in [2.24, 2.45) is 0 Å². The summed E-state index contributed by atoms with van der Waals surface area (Å²) in [6.07, 6.45) is 3.48. The molecule has 1 aliphatic heterocycles. The van der Waals surface area contributed by atoms with Crippen LogP contribution in [-0.4, -0.2) is 53.6 Å². The molecular formula is C23H24ClN3O7S. The zero-order valence-electron chi connectivity index (χ0n) is 18.8. The van der Waals surface area contributed by atoms with Crippen molar-refractivity contribution in [2.45, 2.75) is 49.7 Å². The first kappa shape index (κ1) is 25.1. The number of fused-ring (bicyclic) bond motifs is 1. The Bertz CT molecular complexity index is 1280. The Labute approximate surface area is 207 Å². The number of halogens is 1. The van der Waals surface area contributed by atoms with E-state index in [1.54, 1.807) is 24.3 Å². The van der Waals surface area contributed by atoms with E-state index >= 15 is 0 Å². The number of nitro benzene ring substituents is 1. The number of amides is 1. The Hall–Kier alpha value is -3.02. The predicted octanol–water partition coefficient (Wildman–Crippen LogP) is 3.47. The van der Waals surface area contributed by atoms with Gasteiger partial charge in [0.1, 0.15) is 5.92 Å². The molecule has 1 amide bonds. The highest BCUT2D eigenvalue weighted by Gasteiger charge is 2.49. The number of hydrogen-bond donors (Lipinski definition) is 2. The van der Waals surface area contributed by atoms with Gasteiger partial charge in [-0.15, -0.1) is 0 Å². The van der Waals surface area contributed by atoms with Gasteiger partial charge in [0, 0.05) is 34.8 Å². The molecular weight excluding hydrogens is 498 g/mol. The normalized spacial score (nSPS) is 24.6. The molecule has 35 heavy (non-hydrogen) atoms. The van der Waals surface area contributed by atoms with Crippen molar-refractivity contribution in [3.63, 3.8) is 0 Å². The number of aliphatic carboxylic acids is 1. The molecule has 2 N–H and O–H groups in total. The van der Waals surface area contributed by atoms with E-state index in [0.29, 0.717) is 23.4 Å². The van der Waals surface area contributed by atoms with Gasteiger partial charge in [-0.3, -0.25) is 19.7 Å². The van der Waals surface area contributed by atoms with Crippen molar-refractivity contribution < 1.29 is 28.0 Å². The van der Waals surface area contributed by atoms with Crippen LogP contribution in [0.25, 0.3) is 0 Å². The Balaban J connectivity index is 1.93. The molecule has 1 saturated carbocycles. The van der Waals surface area contributed by atoms with Gasteiger partial charge in [-0.25, -0.2) is 13.1 Å². The summed E-state index contributed by atoms with van der Waals surface area (Å²) < 4.78 is 26.8. The molecule has 1 aliphatic carbocycles. The molecule has 10 nitrogen and oxygen atoms in total. The maximum Gasteiger partial charge on any atom is 0.313 e. The predicted molar refractivity (Wildman–Crippen MR) is 128 cm³/mol. The number of carbonyl (C=O) groups excluding carboxylic acids is 1. The van der Waals surface area contributed by atoms with Gasteiger partial charge >= 0.3 is 5.97 Å². The van der Waals surface area contributed by atoms with Crippen molar-refractivity contribution in [2.75, 3.05) is 6.26 Å². The average molecular weight is 522 g/mol. The van der Waals surface area contributed by atoms with Crippen LogP contribution in [0.2, 0.25) is 5.02 Å². The van der Waals surface area contributed by atoms with Crippen LogP contribution in [0, 0.1) is 10.1 Å². The number of nitrogens with zero attached hydrogens (tertiary/aromatic N) is 2. The highest BCUT2D eigenvalue weighted by molar-refractivity contribution is 7.88. The fraction of sp³-hybridized carbons (Fsp3) is 0.391. The summed E-state index contributed by atoms with van der Waals surface area (Å²) in [4.78, 5) is 38.8. The van der Waals surface area contributed by atoms with Gasteiger partial charge in [0.25, 0.3) is 11.6 Å². The molecule has 2 aliphatic rings. The van der Waals surface area contributed by atoms with Gasteiger partial charge in [-0.05, 0) is 42.2 Å². The topological polar surface area (TPSA) is 147 Å². The van der Waals surface area contributed by atoms with Crippen LogP contribution < -0.4 is 4.72 Å². The molecule has 12 heteroatoms. The van der Waals surface area contributed by atoms with Crippen LogP contribution in [0.3, 0.4) is 0 Å². The van der Waals surface area contributed by atoms with E-state index in [9.17, 15) is 33.2 Å². The summed E-state index contributed by atoms with van der Waals surface area (Å²) >= 11 is 6.05. The maximum absolute atomic E-state index is 13.9. The van der Waals surface area contributed by atoms with E-state index in [1.807, 2.05) is 0 Å².